The van der Waals surface area contributed by atoms with Crippen LogP contribution in [0.25, 0.3) is 0 Å². The topological polar surface area (TPSA) is 85.2 Å². The van der Waals surface area contributed by atoms with E-state index in [1.165, 1.54) is 13.8 Å². The Hall–Kier alpha value is -1.59. The number of carboxylic acids is 1. The number of hydrogen-bond donors (Lipinski definition) is 1. The summed E-state index contributed by atoms with van der Waals surface area (Å²) in [7, 11) is 0. The van der Waals surface area contributed by atoms with Gasteiger partial charge in [0.1, 0.15) is 0 Å². The number of carboxylic acid groups (broad SMARTS) is 1. The maximum Gasteiger partial charge on any atom is 0.352 e. The van der Waals surface area contributed by atoms with E-state index < -0.39 is 17.5 Å². The lowest BCUT2D eigenvalue weighted by Gasteiger charge is -2.19. The Morgan fingerprint density at radius 3 is 2.56 bits per heavy atom. The Morgan fingerprint density at radius 1 is 1.44 bits per heavy atom. The summed E-state index contributed by atoms with van der Waals surface area (Å²) in [6.45, 7) is 5.22. The largest absolute Gasteiger partial charge is 0.477 e. The molecule has 0 spiro atoms. The number of carbonyl (C=O) groups is 2. The molecule has 1 N–H and O–H groups in total. The number of aliphatic carboxylic acids is 1. The van der Waals surface area contributed by atoms with Gasteiger partial charge in [-0.3, -0.25) is 0 Å². The maximum atomic E-state index is 11.4. The molecule has 0 saturated carbocycles. The Morgan fingerprint density at radius 2 is 2.06 bits per heavy atom. The Balaban J connectivity index is 4.09. The van der Waals surface area contributed by atoms with Crippen molar-refractivity contribution < 1.29 is 24.3 Å². The summed E-state index contributed by atoms with van der Waals surface area (Å²) < 4.78 is 4.92. The van der Waals surface area contributed by atoms with Gasteiger partial charge in [-0.25, -0.2) is 9.59 Å². The van der Waals surface area contributed by atoms with E-state index in [9.17, 15) is 9.59 Å². The monoisotopic (exact) mass is 231 g/mol. The summed E-state index contributed by atoms with van der Waals surface area (Å²) >= 11 is 0. The second-order valence-electron chi connectivity index (χ2n) is 3.66. The van der Waals surface area contributed by atoms with Crippen molar-refractivity contribution in [3.63, 3.8) is 0 Å². The number of ether oxygens (including phenoxy) is 1. The van der Waals surface area contributed by atoms with Crippen LogP contribution in [0, 0.1) is 0 Å². The number of oxime groups is 1. The lowest BCUT2D eigenvalue weighted by atomic mass is 10.1. The van der Waals surface area contributed by atoms with Crippen LogP contribution in [-0.4, -0.2) is 35.5 Å². The molecule has 0 aromatic rings. The molecule has 0 atom stereocenters. The van der Waals surface area contributed by atoms with E-state index in [0.717, 1.165) is 12.8 Å². The summed E-state index contributed by atoms with van der Waals surface area (Å²) in [6, 6.07) is 0. The van der Waals surface area contributed by atoms with E-state index >= 15 is 0 Å². The first-order chi connectivity index (χ1) is 7.40. The first-order valence-corrected chi connectivity index (χ1v) is 5.02. The van der Waals surface area contributed by atoms with Crippen molar-refractivity contribution >= 4 is 18.2 Å². The maximum absolute atomic E-state index is 11.4. The highest BCUT2D eigenvalue weighted by Gasteiger charge is 2.32. The zero-order chi connectivity index (χ0) is 12.6. The third-order valence-electron chi connectivity index (χ3n) is 1.67. The molecule has 0 unspecified atom stereocenters. The summed E-state index contributed by atoms with van der Waals surface area (Å²) in [5, 5.41) is 11.4. The van der Waals surface area contributed by atoms with Crippen LogP contribution in [0.3, 0.4) is 0 Å². The molecule has 0 aliphatic heterocycles. The van der Waals surface area contributed by atoms with Crippen molar-refractivity contribution in [1.82, 2.24) is 0 Å². The minimum atomic E-state index is -1.28. The van der Waals surface area contributed by atoms with Crippen LogP contribution in [-0.2, 0) is 19.2 Å². The predicted octanol–water partition coefficient (Wildman–Crippen LogP) is 1.20. The molecule has 0 radical (unpaired) electrons. The van der Waals surface area contributed by atoms with Gasteiger partial charge in [0.15, 0.2) is 6.21 Å². The molecule has 0 aromatic heterocycles. The van der Waals surface area contributed by atoms with E-state index in [0.29, 0.717) is 12.8 Å². The molecule has 0 rings (SSSR count). The molecule has 0 bridgehead atoms. The van der Waals surface area contributed by atoms with Gasteiger partial charge in [-0.15, -0.1) is 0 Å². The van der Waals surface area contributed by atoms with Crippen LogP contribution in [0.1, 0.15) is 33.6 Å². The lowest BCUT2D eigenvalue weighted by molar-refractivity contribution is -0.168. The van der Waals surface area contributed by atoms with E-state index in [2.05, 4.69) is 5.16 Å². The minimum Gasteiger partial charge on any atom is -0.477 e. The molecule has 0 aliphatic rings. The van der Waals surface area contributed by atoms with E-state index in [-0.39, 0.29) is 0 Å². The Bertz CT molecular complexity index is 272. The van der Waals surface area contributed by atoms with Crippen LogP contribution in [0.4, 0.5) is 0 Å². The van der Waals surface area contributed by atoms with Gasteiger partial charge >= 0.3 is 11.9 Å². The smallest absolute Gasteiger partial charge is 0.352 e. The van der Waals surface area contributed by atoms with Crippen molar-refractivity contribution in [2.75, 3.05) is 6.61 Å². The highest BCUT2D eigenvalue weighted by molar-refractivity contribution is 6.21. The van der Waals surface area contributed by atoms with Gasteiger partial charge in [-0.05, 0) is 20.3 Å². The summed E-state index contributed by atoms with van der Waals surface area (Å²) in [5.74, 6) is -1.81. The van der Waals surface area contributed by atoms with Crippen LogP contribution in [0.15, 0.2) is 5.16 Å². The number of nitrogens with zero attached hydrogens (tertiary/aromatic N) is 1. The van der Waals surface area contributed by atoms with Gasteiger partial charge in [0, 0.05) is 0 Å². The number of esters is 1. The summed E-state index contributed by atoms with van der Waals surface area (Å²) in [6.07, 6.45) is 2.27. The highest BCUT2D eigenvalue weighted by Crippen LogP contribution is 2.12. The van der Waals surface area contributed by atoms with Gasteiger partial charge in [-0.2, -0.15) is 0 Å². The molecular weight excluding hydrogens is 214 g/mol. The van der Waals surface area contributed by atoms with Crippen molar-refractivity contribution in [3.8, 4) is 0 Å². The first kappa shape index (κ1) is 14.4. The quantitative estimate of drug-likeness (QED) is 0.308. The fourth-order valence-corrected chi connectivity index (χ4v) is 0.723. The van der Waals surface area contributed by atoms with E-state index in [4.69, 9.17) is 14.7 Å². The van der Waals surface area contributed by atoms with Crippen LogP contribution < -0.4 is 0 Å². The third-order valence-corrected chi connectivity index (χ3v) is 1.67. The second-order valence-corrected chi connectivity index (χ2v) is 3.66. The zero-order valence-electron chi connectivity index (χ0n) is 9.73. The van der Waals surface area contributed by atoms with Crippen molar-refractivity contribution in [1.29, 1.82) is 0 Å². The van der Waals surface area contributed by atoms with Gasteiger partial charge in [0.2, 0.25) is 5.60 Å². The minimum absolute atomic E-state index is 0.324. The second kappa shape index (κ2) is 6.81. The fraction of sp³-hybridized carbons (Fsp3) is 0.700. The first-order valence-electron chi connectivity index (χ1n) is 5.02. The molecule has 0 aromatic carbocycles. The fourth-order valence-electron chi connectivity index (χ4n) is 0.723. The SMILES string of the molecule is CCCCOC(=O)C(C)(C)ON=CC(=O)O. The normalized spacial score (nSPS) is 11.4. The average Bonchev–Trinajstić information content (AvgIpc) is 2.17. The predicted molar refractivity (Wildman–Crippen MR) is 57.2 cm³/mol. The molecular formula is C10H17NO5. The molecule has 6 nitrogen and oxygen atoms in total. The molecule has 0 amide bonds. The van der Waals surface area contributed by atoms with Gasteiger partial charge in [-0.1, -0.05) is 18.5 Å². The standard InChI is InChI=1S/C10H17NO5/c1-4-5-6-15-9(14)10(2,3)16-11-7-8(12)13/h7H,4-6H2,1-3H3,(H,12,13). The van der Waals surface area contributed by atoms with Gasteiger partial charge in [0.05, 0.1) is 6.61 Å². The molecule has 0 fully saturated rings. The molecule has 16 heavy (non-hydrogen) atoms. The number of unbranched alkanes of at least 4 members (excludes halogenated alkanes) is 1. The number of carbonyl (C=O) groups excluding carboxylic acids is 1. The van der Waals surface area contributed by atoms with Gasteiger partial charge in [0.25, 0.3) is 0 Å². The third kappa shape index (κ3) is 6.00. The molecule has 0 aliphatic carbocycles. The van der Waals surface area contributed by atoms with Crippen molar-refractivity contribution in [3.05, 3.63) is 0 Å². The zero-order valence-corrected chi connectivity index (χ0v) is 9.73. The molecule has 0 saturated heterocycles. The molecule has 92 valence electrons. The Kier molecular flexibility index (Phi) is 6.14. The van der Waals surface area contributed by atoms with Gasteiger partial charge < -0.3 is 14.7 Å². The summed E-state index contributed by atoms with van der Waals surface area (Å²) in [4.78, 5) is 26.3. The highest BCUT2D eigenvalue weighted by atomic mass is 16.7. The van der Waals surface area contributed by atoms with Crippen molar-refractivity contribution in [2.24, 2.45) is 5.16 Å². The average molecular weight is 231 g/mol. The summed E-state index contributed by atoms with van der Waals surface area (Å²) in [5.41, 5.74) is -1.28. The van der Waals surface area contributed by atoms with E-state index in [1.807, 2.05) is 6.92 Å². The number of hydrogen-bond acceptors (Lipinski definition) is 5. The van der Waals surface area contributed by atoms with E-state index in [1.54, 1.807) is 0 Å². The van der Waals surface area contributed by atoms with Crippen LogP contribution >= 0.6 is 0 Å². The van der Waals surface area contributed by atoms with Crippen molar-refractivity contribution in [2.45, 2.75) is 39.2 Å². The molecule has 0 heterocycles. The van der Waals surface area contributed by atoms with Crippen LogP contribution in [0.2, 0.25) is 0 Å². The number of rotatable bonds is 7. The Labute approximate surface area is 94.2 Å². The lowest BCUT2D eigenvalue weighted by Crippen LogP contribution is -2.35. The van der Waals surface area contributed by atoms with Crippen LogP contribution in [0.5, 0.6) is 0 Å². The molecule has 6 heteroatoms.